The predicted octanol–water partition coefficient (Wildman–Crippen LogP) is 6.45. The second kappa shape index (κ2) is 9.55. The fourth-order valence-corrected chi connectivity index (χ4v) is 8.40. The molecule has 3 atom stereocenters. The molecule has 0 radical (unpaired) electrons. The first-order valence-corrected chi connectivity index (χ1v) is 14.8. The maximum atomic E-state index is 14.6. The van der Waals surface area contributed by atoms with Gasteiger partial charge in [-0.15, -0.1) is 23.2 Å². The van der Waals surface area contributed by atoms with Gasteiger partial charge in [0, 0.05) is 12.1 Å². The van der Waals surface area contributed by atoms with E-state index in [9.17, 15) is 14.4 Å². The van der Waals surface area contributed by atoms with E-state index in [1.54, 1.807) is 0 Å². The van der Waals surface area contributed by atoms with Crippen molar-refractivity contribution in [2.45, 2.75) is 36.1 Å². The number of anilines is 1. The van der Waals surface area contributed by atoms with Gasteiger partial charge in [-0.05, 0) is 53.3 Å². The minimum Gasteiger partial charge on any atom is -0.324 e. The van der Waals surface area contributed by atoms with Crippen LogP contribution in [-0.4, -0.2) is 28.7 Å². The quantitative estimate of drug-likeness (QED) is 0.213. The molecule has 0 spiro atoms. The Labute approximate surface area is 254 Å². The van der Waals surface area contributed by atoms with Crippen LogP contribution in [0.25, 0.3) is 0 Å². The Morgan fingerprint density at radius 2 is 1.24 bits per heavy atom. The molecule has 42 heavy (non-hydrogen) atoms. The lowest BCUT2D eigenvalue weighted by atomic mass is 9.54. The highest BCUT2D eigenvalue weighted by Gasteiger charge is 2.73. The zero-order valence-corrected chi connectivity index (χ0v) is 24.6. The third-order valence-electron chi connectivity index (χ3n) is 9.15. The molecule has 1 saturated heterocycles. The van der Waals surface area contributed by atoms with Crippen LogP contribution < -0.4 is 5.32 Å². The zero-order chi connectivity index (χ0) is 29.4. The van der Waals surface area contributed by atoms with Crippen LogP contribution in [0.15, 0.2) is 97.1 Å². The minimum atomic E-state index is -1.31. The summed E-state index contributed by atoms with van der Waals surface area (Å²) < 4.78 is 0. The highest BCUT2D eigenvalue weighted by molar-refractivity contribution is 6.36. The molecule has 2 bridgehead atoms. The molecule has 4 aromatic rings. The van der Waals surface area contributed by atoms with Gasteiger partial charge in [-0.25, -0.2) is 0 Å². The van der Waals surface area contributed by atoms with Gasteiger partial charge in [0.1, 0.15) is 15.8 Å². The van der Waals surface area contributed by atoms with E-state index in [1.165, 1.54) is 0 Å². The van der Waals surface area contributed by atoms with Crippen LogP contribution >= 0.6 is 23.2 Å². The summed E-state index contributed by atoms with van der Waals surface area (Å²) in [5.74, 6) is -3.35. The number of nitrogens with zero attached hydrogens (tertiary/aromatic N) is 1. The molecule has 3 amide bonds. The Morgan fingerprint density at radius 3 is 1.71 bits per heavy atom. The summed E-state index contributed by atoms with van der Waals surface area (Å²) in [6, 6.07) is 29.1. The average molecular weight is 596 g/mol. The Kier molecular flexibility index (Phi) is 6.12. The molecule has 0 aromatic heterocycles. The molecule has 210 valence electrons. The molecule has 1 aliphatic heterocycles. The molecule has 1 N–H and O–H groups in total. The number of rotatable bonds is 5. The highest BCUT2D eigenvalue weighted by atomic mass is 35.5. The maximum absolute atomic E-state index is 14.6. The number of carbonyl (C=O) groups excluding carboxylic acids is 3. The smallest absolute Gasteiger partial charge is 0.248 e. The van der Waals surface area contributed by atoms with Crippen LogP contribution in [0.5, 0.6) is 0 Å². The van der Waals surface area contributed by atoms with Crippen LogP contribution in [0, 0.1) is 25.7 Å². The number of halogens is 2. The van der Waals surface area contributed by atoms with E-state index in [2.05, 4.69) is 5.32 Å². The second-order valence-electron chi connectivity index (χ2n) is 11.5. The van der Waals surface area contributed by atoms with Gasteiger partial charge in [0.05, 0.1) is 11.8 Å². The number of hydrogen-bond donors (Lipinski definition) is 1. The first kappa shape index (κ1) is 26.9. The Balaban J connectivity index is 1.36. The lowest BCUT2D eigenvalue weighted by Gasteiger charge is -2.54. The number of imide groups is 1. The molecular formula is C35H28Cl2N2O3. The number of alkyl halides is 2. The topological polar surface area (TPSA) is 66.5 Å². The van der Waals surface area contributed by atoms with Crippen molar-refractivity contribution in [3.05, 3.63) is 136 Å². The molecule has 1 fully saturated rings. The van der Waals surface area contributed by atoms with E-state index in [4.69, 9.17) is 23.2 Å². The van der Waals surface area contributed by atoms with Crippen LogP contribution in [-0.2, 0) is 30.6 Å². The standard InChI is InChI=1S/C35H28Cl2N2O3/c1-20-16-17-27(21(2)18-20)38-31(40)28(19-22-10-4-3-5-11-22)39-32(41)29-30(33(39)42)35(37)24-13-7-6-12-23(24)34(29,36)25-14-8-9-15-26(25)35/h3-18,28-30H,19H2,1-2H3,(H,38,40)/t28-,29-,30-,34?,35?/m0/s1. The number of hydrogen-bond acceptors (Lipinski definition) is 3. The van der Waals surface area contributed by atoms with Crippen molar-refractivity contribution in [3.8, 4) is 0 Å². The van der Waals surface area contributed by atoms with Gasteiger partial charge in [-0.1, -0.05) is 96.6 Å². The summed E-state index contributed by atoms with van der Waals surface area (Å²) in [5, 5.41) is 3.00. The monoisotopic (exact) mass is 594 g/mol. The van der Waals surface area contributed by atoms with E-state index < -0.39 is 45.3 Å². The third kappa shape index (κ3) is 3.60. The van der Waals surface area contributed by atoms with Crippen molar-refractivity contribution in [2.75, 3.05) is 5.32 Å². The van der Waals surface area contributed by atoms with Gasteiger partial charge in [0.2, 0.25) is 17.7 Å². The van der Waals surface area contributed by atoms with Crippen molar-refractivity contribution in [2.24, 2.45) is 11.8 Å². The van der Waals surface area contributed by atoms with E-state index in [-0.39, 0.29) is 6.42 Å². The molecule has 7 heteroatoms. The van der Waals surface area contributed by atoms with Crippen molar-refractivity contribution in [1.82, 2.24) is 4.90 Å². The molecule has 3 aliphatic carbocycles. The van der Waals surface area contributed by atoms with Crippen molar-refractivity contribution < 1.29 is 14.4 Å². The Bertz CT molecular complexity index is 1660. The van der Waals surface area contributed by atoms with Crippen LogP contribution in [0.2, 0.25) is 0 Å². The predicted molar refractivity (Wildman–Crippen MR) is 163 cm³/mol. The molecule has 0 saturated carbocycles. The number of aryl methyl sites for hydroxylation is 2. The highest BCUT2D eigenvalue weighted by Crippen LogP contribution is 2.69. The second-order valence-corrected chi connectivity index (χ2v) is 12.7. The first-order chi connectivity index (χ1) is 20.2. The average Bonchev–Trinajstić information content (AvgIpc) is 3.27. The minimum absolute atomic E-state index is 0.152. The molecule has 4 aromatic carbocycles. The number of amides is 3. The number of likely N-dealkylation sites (tertiary alicyclic amines) is 1. The van der Waals surface area contributed by atoms with Crippen molar-refractivity contribution >= 4 is 46.6 Å². The van der Waals surface area contributed by atoms with Gasteiger partial charge in [0.25, 0.3) is 0 Å². The van der Waals surface area contributed by atoms with E-state index in [1.807, 2.05) is 111 Å². The fraction of sp³-hybridized carbons (Fsp3) is 0.229. The van der Waals surface area contributed by atoms with Crippen LogP contribution in [0.1, 0.15) is 38.9 Å². The fourth-order valence-electron chi connectivity index (χ4n) is 7.30. The summed E-state index contributed by atoms with van der Waals surface area (Å²) >= 11 is 15.2. The van der Waals surface area contributed by atoms with Gasteiger partial charge in [-0.3, -0.25) is 19.3 Å². The largest absolute Gasteiger partial charge is 0.324 e. The van der Waals surface area contributed by atoms with Gasteiger partial charge in [-0.2, -0.15) is 0 Å². The SMILES string of the molecule is Cc1ccc(NC(=O)[C@H](Cc2ccccc2)N2C(=O)[C@@H]3[C@@H](C2=O)C2(Cl)c4ccccc4C3(Cl)c3ccccc32)c(C)c1. The third-order valence-corrected chi connectivity index (χ3v) is 10.4. The summed E-state index contributed by atoms with van der Waals surface area (Å²) in [4.78, 5) is 41.8. The van der Waals surface area contributed by atoms with E-state index >= 15 is 0 Å². The Morgan fingerprint density at radius 1 is 0.762 bits per heavy atom. The van der Waals surface area contributed by atoms with Crippen LogP contribution in [0.4, 0.5) is 5.69 Å². The first-order valence-electron chi connectivity index (χ1n) is 14.0. The summed E-state index contributed by atoms with van der Waals surface area (Å²) in [5.41, 5.74) is 6.31. The lowest BCUT2D eigenvalue weighted by Crippen LogP contribution is -2.57. The van der Waals surface area contributed by atoms with E-state index in [0.29, 0.717) is 5.69 Å². The molecule has 5 nitrogen and oxygen atoms in total. The molecule has 4 aliphatic rings. The molecule has 8 rings (SSSR count). The van der Waals surface area contributed by atoms with E-state index in [0.717, 1.165) is 43.8 Å². The van der Waals surface area contributed by atoms with Crippen molar-refractivity contribution in [1.29, 1.82) is 0 Å². The molecular weight excluding hydrogens is 567 g/mol. The summed E-state index contributed by atoms with van der Waals surface area (Å²) in [6.07, 6.45) is 0.152. The van der Waals surface area contributed by atoms with Crippen molar-refractivity contribution in [3.63, 3.8) is 0 Å². The number of nitrogens with one attached hydrogen (secondary N) is 1. The zero-order valence-electron chi connectivity index (χ0n) is 23.1. The number of benzene rings is 4. The lowest BCUT2D eigenvalue weighted by molar-refractivity contribution is -0.146. The van der Waals surface area contributed by atoms with Gasteiger partial charge < -0.3 is 5.32 Å². The normalized spacial score (nSPS) is 26.0. The maximum Gasteiger partial charge on any atom is 0.248 e. The summed E-state index contributed by atoms with van der Waals surface area (Å²) in [6.45, 7) is 3.89. The van der Waals surface area contributed by atoms with Gasteiger partial charge >= 0.3 is 0 Å². The van der Waals surface area contributed by atoms with Gasteiger partial charge in [0.15, 0.2) is 0 Å². The molecule has 1 heterocycles. The molecule has 0 unspecified atom stereocenters. The summed E-state index contributed by atoms with van der Waals surface area (Å²) in [7, 11) is 0. The van der Waals surface area contributed by atoms with Crippen LogP contribution in [0.3, 0.4) is 0 Å². The Hall–Kier alpha value is -3.93. The number of carbonyl (C=O) groups is 3.